The van der Waals surface area contributed by atoms with Gasteiger partial charge in [0.05, 0.1) is 12.2 Å². The summed E-state index contributed by atoms with van der Waals surface area (Å²) in [4.78, 5) is 12.0. The summed E-state index contributed by atoms with van der Waals surface area (Å²) >= 11 is 0. The lowest BCUT2D eigenvalue weighted by Gasteiger charge is -2.33. The van der Waals surface area contributed by atoms with Gasteiger partial charge in [0.15, 0.2) is 0 Å². The van der Waals surface area contributed by atoms with Crippen LogP contribution in [0.25, 0.3) is 0 Å². The molecule has 1 fully saturated rings. The minimum Gasteiger partial charge on any atom is -0.491 e. The van der Waals surface area contributed by atoms with Gasteiger partial charge >= 0.3 is 5.97 Å². The molecule has 2 N–H and O–H groups in total. The Hall–Kier alpha value is -1.59. The Morgan fingerprint density at radius 1 is 1.37 bits per heavy atom. The number of fused-ring (bicyclic) bond motifs is 2. The Morgan fingerprint density at radius 2 is 2.16 bits per heavy atom. The summed E-state index contributed by atoms with van der Waals surface area (Å²) in [6, 6.07) is 5.46. The third-order valence-corrected chi connectivity index (χ3v) is 3.76. The quantitative estimate of drug-likeness (QED) is 0.790. The van der Waals surface area contributed by atoms with Gasteiger partial charge < -0.3 is 19.9 Å². The number of carbonyl (C=O) groups is 1. The lowest BCUT2D eigenvalue weighted by molar-refractivity contribution is -0.0241. The first-order valence-corrected chi connectivity index (χ1v) is 6.57. The lowest BCUT2D eigenvalue weighted by atomic mass is 9.84. The monoisotopic (exact) mass is 263 g/mol. The molecule has 1 aromatic rings. The maximum Gasteiger partial charge on any atom is 0.339 e. The molecule has 0 unspecified atom stereocenters. The van der Waals surface area contributed by atoms with Crippen LogP contribution in [0.4, 0.5) is 0 Å². The molecule has 2 aliphatic heterocycles. The largest absolute Gasteiger partial charge is 0.491 e. The third kappa shape index (κ3) is 2.09. The van der Waals surface area contributed by atoms with Crippen LogP contribution in [0.3, 0.4) is 0 Å². The number of aliphatic hydroxyl groups is 1. The Bertz CT molecular complexity index is 494. The lowest BCUT2D eigenvalue weighted by Crippen LogP contribution is -2.39. The van der Waals surface area contributed by atoms with E-state index in [1.807, 2.05) is 12.1 Å². The summed E-state index contributed by atoms with van der Waals surface area (Å²) in [5, 5.41) is 12.0. The first-order valence-electron chi connectivity index (χ1n) is 6.57. The van der Waals surface area contributed by atoms with Crippen LogP contribution in [0.15, 0.2) is 18.2 Å². The van der Waals surface area contributed by atoms with Gasteiger partial charge in [0.2, 0.25) is 0 Å². The maximum atomic E-state index is 12.0. The number of esters is 1. The van der Waals surface area contributed by atoms with Gasteiger partial charge in [0, 0.05) is 18.4 Å². The molecule has 2 heterocycles. The zero-order valence-electron chi connectivity index (χ0n) is 10.6. The van der Waals surface area contributed by atoms with Crippen LogP contribution in [-0.2, 0) is 10.3 Å². The average Bonchev–Trinajstić information content (AvgIpc) is 2.70. The van der Waals surface area contributed by atoms with Gasteiger partial charge in [-0.1, -0.05) is 6.07 Å². The normalized spacial score (nSPS) is 20.2. The van der Waals surface area contributed by atoms with Crippen molar-refractivity contribution in [2.75, 3.05) is 26.3 Å². The van der Waals surface area contributed by atoms with Crippen molar-refractivity contribution in [3.8, 4) is 5.75 Å². The SMILES string of the molecule is O=C1OC2(CCNCC2)c2ccc(OCCO)cc21. The van der Waals surface area contributed by atoms with E-state index in [9.17, 15) is 4.79 Å². The Labute approximate surface area is 111 Å². The number of hydrogen-bond acceptors (Lipinski definition) is 5. The van der Waals surface area contributed by atoms with Crippen LogP contribution in [0.1, 0.15) is 28.8 Å². The fraction of sp³-hybridized carbons (Fsp3) is 0.500. The van der Waals surface area contributed by atoms with Crippen molar-refractivity contribution in [1.82, 2.24) is 5.32 Å². The van der Waals surface area contributed by atoms with Crippen LogP contribution < -0.4 is 10.1 Å². The van der Waals surface area contributed by atoms with E-state index in [2.05, 4.69) is 5.32 Å². The Morgan fingerprint density at radius 3 is 2.89 bits per heavy atom. The van der Waals surface area contributed by atoms with Gasteiger partial charge in [-0.15, -0.1) is 0 Å². The van der Waals surface area contributed by atoms with Crippen LogP contribution >= 0.6 is 0 Å². The summed E-state index contributed by atoms with van der Waals surface area (Å²) in [7, 11) is 0. The smallest absolute Gasteiger partial charge is 0.339 e. The summed E-state index contributed by atoms with van der Waals surface area (Å²) in [6.45, 7) is 1.89. The molecule has 0 saturated carbocycles. The summed E-state index contributed by atoms with van der Waals surface area (Å²) in [5.74, 6) is 0.321. The second kappa shape index (κ2) is 4.83. The topological polar surface area (TPSA) is 67.8 Å². The minimum absolute atomic E-state index is 0.0445. The van der Waals surface area contributed by atoms with Gasteiger partial charge in [-0.05, 0) is 25.2 Å². The highest BCUT2D eigenvalue weighted by molar-refractivity contribution is 5.95. The van der Waals surface area contributed by atoms with E-state index in [-0.39, 0.29) is 19.2 Å². The molecule has 0 atom stereocenters. The second-order valence-electron chi connectivity index (χ2n) is 4.91. The van der Waals surface area contributed by atoms with Crippen LogP contribution in [0, 0.1) is 0 Å². The summed E-state index contributed by atoms with van der Waals surface area (Å²) in [5.41, 5.74) is 1.11. The molecule has 5 heteroatoms. The zero-order chi connectivity index (χ0) is 13.3. The van der Waals surface area contributed by atoms with E-state index < -0.39 is 5.60 Å². The van der Waals surface area contributed by atoms with Gasteiger partial charge in [-0.2, -0.15) is 0 Å². The van der Waals surface area contributed by atoms with E-state index in [1.54, 1.807) is 6.07 Å². The first kappa shape index (κ1) is 12.4. The van der Waals surface area contributed by atoms with Crippen molar-refractivity contribution in [1.29, 1.82) is 0 Å². The van der Waals surface area contributed by atoms with Crippen molar-refractivity contribution in [3.63, 3.8) is 0 Å². The predicted molar refractivity (Wildman–Crippen MR) is 68.2 cm³/mol. The van der Waals surface area contributed by atoms with E-state index in [0.717, 1.165) is 31.5 Å². The summed E-state index contributed by atoms with van der Waals surface area (Å²) in [6.07, 6.45) is 1.62. The maximum absolute atomic E-state index is 12.0. The molecule has 0 amide bonds. The number of nitrogens with one attached hydrogen (secondary N) is 1. The number of aliphatic hydroxyl groups excluding tert-OH is 1. The van der Waals surface area contributed by atoms with Crippen molar-refractivity contribution in [3.05, 3.63) is 29.3 Å². The minimum atomic E-state index is -0.451. The molecule has 2 aliphatic rings. The molecule has 19 heavy (non-hydrogen) atoms. The number of hydrogen-bond donors (Lipinski definition) is 2. The van der Waals surface area contributed by atoms with Crippen LogP contribution in [0.5, 0.6) is 5.75 Å². The van der Waals surface area contributed by atoms with E-state index >= 15 is 0 Å². The molecule has 0 bridgehead atoms. The van der Waals surface area contributed by atoms with Gasteiger partial charge in [-0.3, -0.25) is 0 Å². The molecule has 0 aliphatic carbocycles. The van der Waals surface area contributed by atoms with E-state index in [4.69, 9.17) is 14.6 Å². The molecule has 102 valence electrons. The van der Waals surface area contributed by atoms with E-state index in [0.29, 0.717) is 11.3 Å². The zero-order valence-corrected chi connectivity index (χ0v) is 10.6. The standard InChI is InChI=1S/C14H17NO4/c16-7-8-18-10-1-2-12-11(9-10)13(17)19-14(12)3-5-15-6-4-14/h1-2,9,15-16H,3-8H2. The fourth-order valence-corrected chi connectivity index (χ4v) is 2.83. The van der Waals surface area contributed by atoms with Gasteiger partial charge in [0.25, 0.3) is 0 Å². The van der Waals surface area contributed by atoms with Gasteiger partial charge in [0.1, 0.15) is 18.0 Å². The number of piperidine rings is 1. The van der Waals surface area contributed by atoms with Crippen molar-refractivity contribution >= 4 is 5.97 Å². The molecule has 5 nitrogen and oxygen atoms in total. The second-order valence-corrected chi connectivity index (χ2v) is 4.91. The van der Waals surface area contributed by atoms with Crippen LogP contribution in [-0.4, -0.2) is 37.4 Å². The number of ether oxygens (including phenoxy) is 2. The van der Waals surface area contributed by atoms with Gasteiger partial charge in [-0.25, -0.2) is 4.79 Å². The highest BCUT2D eigenvalue weighted by Gasteiger charge is 2.46. The van der Waals surface area contributed by atoms with Crippen molar-refractivity contribution < 1.29 is 19.4 Å². The molecular weight excluding hydrogens is 246 g/mol. The average molecular weight is 263 g/mol. The number of carbonyl (C=O) groups excluding carboxylic acids is 1. The molecule has 1 aromatic carbocycles. The Balaban J connectivity index is 1.92. The van der Waals surface area contributed by atoms with E-state index in [1.165, 1.54) is 0 Å². The highest BCUT2D eigenvalue weighted by atomic mass is 16.6. The molecule has 3 rings (SSSR count). The highest BCUT2D eigenvalue weighted by Crippen LogP contribution is 2.43. The van der Waals surface area contributed by atoms with Crippen molar-refractivity contribution in [2.45, 2.75) is 18.4 Å². The molecular formula is C14H17NO4. The third-order valence-electron chi connectivity index (χ3n) is 3.76. The predicted octanol–water partition coefficient (Wildman–Crippen LogP) is 0.807. The summed E-state index contributed by atoms with van der Waals surface area (Å²) < 4.78 is 11.0. The molecule has 0 radical (unpaired) electrons. The number of rotatable bonds is 3. The molecule has 1 saturated heterocycles. The van der Waals surface area contributed by atoms with Crippen LogP contribution in [0.2, 0.25) is 0 Å². The fourth-order valence-electron chi connectivity index (χ4n) is 2.83. The molecule has 0 aromatic heterocycles. The molecule has 1 spiro atoms. The Kier molecular flexibility index (Phi) is 3.16. The first-order chi connectivity index (χ1) is 9.25. The van der Waals surface area contributed by atoms with Crippen molar-refractivity contribution in [2.24, 2.45) is 0 Å². The number of benzene rings is 1.